The van der Waals surface area contributed by atoms with Crippen molar-refractivity contribution < 1.29 is 4.39 Å². The van der Waals surface area contributed by atoms with E-state index in [4.69, 9.17) is 0 Å². The van der Waals surface area contributed by atoms with Crippen LogP contribution >= 0.6 is 0 Å². The minimum absolute atomic E-state index is 0.157. The Labute approximate surface area is 107 Å². The van der Waals surface area contributed by atoms with Gasteiger partial charge in [-0.1, -0.05) is 24.3 Å². The lowest BCUT2D eigenvalue weighted by molar-refractivity contribution is 0.626. The molecule has 2 aromatic carbocycles. The first-order chi connectivity index (χ1) is 8.83. The fraction of sp³-hybridized carbons (Fsp3) is 0.250. The van der Waals surface area contributed by atoms with Gasteiger partial charge in [0.1, 0.15) is 5.82 Å². The van der Waals surface area contributed by atoms with E-state index in [-0.39, 0.29) is 5.82 Å². The Morgan fingerprint density at radius 3 is 2.89 bits per heavy atom. The smallest absolute Gasteiger partial charge is 0.123 e. The summed E-state index contributed by atoms with van der Waals surface area (Å²) in [5, 5.41) is 3.43. The molecule has 1 heterocycles. The van der Waals surface area contributed by atoms with Crippen LogP contribution in [0.1, 0.15) is 23.1 Å². The lowest BCUT2D eigenvalue weighted by atomic mass is 9.93. The van der Waals surface area contributed by atoms with Crippen molar-refractivity contribution in [3.05, 3.63) is 65.0 Å². The SMILES string of the molecule is Fc1cccc(Cc2cccc3c2CCCN3)c1. The second-order valence-electron chi connectivity index (χ2n) is 4.78. The van der Waals surface area contributed by atoms with E-state index >= 15 is 0 Å². The van der Waals surface area contributed by atoms with Gasteiger partial charge in [0.05, 0.1) is 0 Å². The first-order valence-electron chi connectivity index (χ1n) is 6.42. The number of hydrogen-bond acceptors (Lipinski definition) is 1. The van der Waals surface area contributed by atoms with Gasteiger partial charge in [0.2, 0.25) is 0 Å². The quantitative estimate of drug-likeness (QED) is 0.843. The number of benzene rings is 2. The highest BCUT2D eigenvalue weighted by molar-refractivity contribution is 5.57. The van der Waals surface area contributed by atoms with Crippen LogP contribution in [-0.4, -0.2) is 6.54 Å². The van der Waals surface area contributed by atoms with Gasteiger partial charge in [0, 0.05) is 12.2 Å². The Kier molecular flexibility index (Phi) is 3.01. The summed E-state index contributed by atoms with van der Waals surface area (Å²) in [5.41, 5.74) is 4.99. The second-order valence-corrected chi connectivity index (χ2v) is 4.78. The Bertz CT molecular complexity index is 563. The zero-order valence-corrected chi connectivity index (χ0v) is 10.2. The molecule has 0 fully saturated rings. The number of nitrogens with one attached hydrogen (secondary N) is 1. The lowest BCUT2D eigenvalue weighted by Crippen LogP contribution is -2.13. The number of halogens is 1. The summed E-state index contributed by atoms with van der Waals surface area (Å²) in [7, 11) is 0. The minimum Gasteiger partial charge on any atom is -0.385 e. The maximum Gasteiger partial charge on any atom is 0.123 e. The van der Waals surface area contributed by atoms with Gasteiger partial charge in [-0.3, -0.25) is 0 Å². The van der Waals surface area contributed by atoms with E-state index in [0.29, 0.717) is 0 Å². The largest absolute Gasteiger partial charge is 0.385 e. The predicted molar refractivity (Wildman–Crippen MR) is 72.5 cm³/mol. The molecular formula is C16H16FN. The van der Waals surface area contributed by atoms with E-state index in [2.05, 4.69) is 23.5 Å². The van der Waals surface area contributed by atoms with Crippen molar-refractivity contribution in [2.75, 3.05) is 11.9 Å². The molecule has 1 nitrogen and oxygen atoms in total. The maximum atomic E-state index is 13.2. The van der Waals surface area contributed by atoms with E-state index in [9.17, 15) is 4.39 Å². The fourth-order valence-corrected chi connectivity index (χ4v) is 2.62. The van der Waals surface area contributed by atoms with E-state index in [1.165, 1.54) is 29.3 Å². The van der Waals surface area contributed by atoms with Crippen molar-refractivity contribution in [2.45, 2.75) is 19.3 Å². The molecule has 0 spiro atoms. The van der Waals surface area contributed by atoms with Crippen LogP contribution in [0.3, 0.4) is 0 Å². The Morgan fingerprint density at radius 2 is 2.00 bits per heavy atom. The Hall–Kier alpha value is -1.83. The highest BCUT2D eigenvalue weighted by Gasteiger charge is 2.12. The monoisotopic (exact) mass is 241 g/mol. The van der Waals surface area contributed by atoms with Gasteiger partial charge in [-0.25, -0.2) is 4.39 Å². The first kappa shape index (κ1) is 11.3. The van der Waals surface area contributed by atoms with Gasteiger partial charge >= 0.3 is 0 Å². The molecule has 0 radical (unpaired) electrons. The molecule has 92 valence electrons. The molecule has 1 aliphatic rings. The number of fused-ring (bicyclic) bond motifs is 1. The van der Waals surface area contributed by atoms with Crippen molar-refractivity contribution in [3.8, 4) is 0 Å². The summed E-state index contributed by atoms with van der Waals surface area (Å²) < 4.78 is 13.2. The summed E-state index contributed by atoms with van der Waals surface area (Å²) in [6.07, 6.45) is 3.10. The van der Waals surface area contributed by atoms with E-state index in [1.54, 1.807) is 12.1 Å². The summed E-state index contributed by atoms with van der Waals surface area (Å²) in [6.45, 7) is 1.05. The van der Waals surface area contributed by atoms with Crippen LogP contribution in [0, 0.1) is 5.82 Å². The fourth-order valence-electron chi connectivity index (χ4n) is 2.62. The molecule has 2 heteroatoms. The van der Waals surface area contributed by atoms with Gasteiger partial charge < -0.3 is 5.32 Å². The highest BCUT2D eigenvalue weighted by Crippen LogP contribution is 2.27. The topological polar surface area (TPSA) is 12.0 Å². The van der Waals surface area contributed by atoms with Crippen LogP contribution in [0.5, 0.6) is 0 Å². The maximum absolute atomic E-state index is 13.2. The van der Waals surface area contributed by atoms with E-state index < -0.39 is 0 Å². The van der Waals surface area contributed by atoms with Crippen molar-refractivity contribution in [3.63, 3.8) is 0 Å². The molecule has 1 N–H and O–H groups in total. The molecule has 0 atom stereocenters. The molecule has 3 rings (SSSR count). The molecule has 0 amide bonds. The molecule has 0 aromatic heterocycles. The van der Waals surface area contributed by atoms with Gasteiger partial charge in [-0.15, -0.1) is 0 Å². The van der Waals surface area contributed by atoms with Crippen LogP contribution in [0.15, 0.2) is 42.5 Å². The number of anilines is 1. The van der Waals surface area contributed by atoms with Crippen molar-refractivity contribution >= 4 is 5.69 Å². The van der Waals surface area contributed by atoms with Gasteiger partial charge in [-0.05, 0) is 54.2 Å². The van der Waals surface area contributed by atoms with Crippen LogP contribution in [-0.2, 0) is 12.8 Å². The minimum atomic E-state index is -0.157. The summed E-state index contributed by atoms with van der Waals surface area (Å²) in [5.74, 6) is -0.157. The summed E-state index contributed by atoms with van der Waals surface area (Å²) >= 11 is 0. The Morgan fingerprint density at radius 1 is 1.11 bits per heavy atom. The first-order valence-corrected chi connectivity index (χ1v) is 6.42. The normalized spacial score (nSPS) is 13.8. The number of rotatable bonds is 2. The Balaban J connectivity index is 1.93. The van der Waals surface area contributed by atoms with Crippen LogP contribution in [0.4, 0.5) is 10.1 Å². The molecule has 0 unspecified atom stereocenters. The third-order valence-electron chi connectivity index (χ3n) is 3.48. The third-order valence-corrected chi connectivity index (χ3v) is 3.48. The third kappa shape index (κ3) is 2.23. The van der Waals surface area contributed by atoms with Crippen LogP contribution in [0.2, 0.25) is 0 Å². The van der Waals surface area contributed by atoms with Crippen molar-refractivity contribution in [2.24, 2.45) is 0 Å². The van der Waals surface area contributed by atoms with Crippen molar-refractivity contribution in [1.29, 1.82) is 0 Å². The predicted octanol–water partition coefficient (Wildman–Crippen LogP) is 3.77. The van der Waals surface area contributed by atoms with Crippen LogP contribution in [0.25, 0.3) is 0 Å². The molecule has 2 aromatic rings. The second kappa shape index (κ2) is 4.81. The average Bonchev–Trinajstić information content (AvgIpc) is 2.39. The molecule has 1 aliphatic heterocycles. The zero-order chi connectivity index (χ0) is 12.4. The summed E-state index contributed by atoms with van der Waals surface area (Å²) in [6, 6.07) is 13.2. The molecule has 0 saturated heterocycles. The zero-order valence-electron chi connectivity index (χ0n) is 10.2. The number of hydrogen-bond donors (Lipinski definition) is 1. The average molecular weight is 241 g/mol. The molecular weight excluding hydrogens is 225 g/mol. The lowest BCUT2D eigenvalue weighted by Gasteiger charge is -2.21. The molecule has 18 heavy (non-hydrogen) atoms. The van der Waals surface area contributed by atoms with Crippen LogP contribution < -0.4 is 5.32 Å². The molecule has 0 bridgehead atoms. The molecule has 0 saturated carbocycles. The van der Waals surface area contributed by atoms with E-state index in [1.807, 2.05) is 6.07 Å². The van der Waals surface area contributed by atoms with Gasteiger partial charge in [0.15, 0.2) is 0 Å². The standard InChI is InChI=1S/C16H16FN/c17-14-6-1-4-12(11-14)10-13-5-2-8-16-15(13)7-3-9-18-16/h1-2,4-6,8,11,18H,3,7,9-10H2. The van der Waals surface area contributed by atoms with Gasteiger partial charge in [-0.2, -0.15) is 0 Å². The van der Waals surface area contributed by atoms with E-state index in [0.717, 1.165) is 24.9 Å². The highest BCUT2D eigenvalue weighted by atomic mass is 19.1. The summed E-state index contributed by atoms with van der Waals surface area (Å²) in [4.78, 5) is 0. The van der Waals surface area contributed by atoms with Gasteiger partial charge in [0.25, 0.3) is 0 Å². The molecule has 0 aliphatic carbocycles. The van der Waals surface area contributed by atoms with Crippen molar-refractivity contribution in [1.82, 2.24) is 0 Å².